The minimum absolute atomic E-state index is 0.0232. The number of ether oxygens (including phenoxy) is 2. The predicted molar refractivity (Wildman–Crippen MR) is 127 cm³/mol. The van der Waals surface area contributed by atoms with E-state index < -0.39 is 23.6 Å². The van der Waals surface area contributed by atoms with Gasteiger partial charge in [0, 0.05) is 10.8 Å². The molecule has 0 aliphatic carbocycles. The third-order valence-electron chi connectivity index (χ3n) is 4.90. The highest BCUT2D eigenvalue weighted by Gasteiger charge is 2.31. The molecule has 4 rings (SSSR count). The number of carbonyl (C=O) groups excluding carboxylic acids is 2. The Morgan fingerprint density at radius 1 is 1.08 bits per heavy atom. The van der Waals surface area contributed by atoms with E-state index in [1.54, 1.807) is 31.2 Å². The van der Waals surface area contributed by atoms with Crippen molar-refractivity contribution >= 4 is 39.0 Å². The number of halogens is 3. The van der Waals surface area contributed by atoms with Crippen molar-refractivity contribution < 1.29 is 32.2 Å². The number of amides is 1. The SMILES string of the molecule is CCOC(=O)c1nn(-c2ccc(OC(F)(F)F)cc2)c(=O)c2c(NC(=O)Cc3ccccc3)scc12. The second kappa shape index (κ2) is 10.2. The summed E-state index contributed by atoms with van der Waals surface area (Å²) in [4.78, 5) is 38.6. The van der Waals surface area contributed by atoms with Crippen LogP contribution in [-0.4, -0.2) is 34.6 Å². The van der Waals surface area contributed by atoms with Gasteiger partial charge in [0.15, 0.2) is 5.69 Å². The van der Waals surface area contributed by atoms with Crippen LogP contribution >= 0.6 is 11.3 Å². The van der Waals surface area contributed by atoms with E-state index in [-0.39, 0.29) is 46.1 Å². The van der Waals surface area contributed by atoms with Gasteiger partial charge in [0.1, 0.15) is 10.8 Å². The molecule has 0 saturated heterocycles. The highest BCUT2D eigenvalue weighted by Crippen LogP contribution is 2.31. The third-order valence-corrected chi connectivity index (χ3v) is 5.79. The summed E-state index contributed by atoms with van der Waals surface area (Å²) in [6.07, 6.45) is -4.82. The van der Waals surface area contributed by atoms with E-state index in [1.807, 2.05) is 6.07 Å². The van der Waals surface area contributed by atoms with E-state index in [0.717, 1.165) is 33.7 Å². The number of hydrogen-bond acceptors (Lipinski definition) is 7. The number of nitrogens with one attached hydrogen (secondary N) is 1. The molecule has 4 aromatic rings. The lowest BCUT2D eigenvalue weighted by Gasteiger charge is -2.12. The van der Waals surface area contributed by atoms with Crippen molar-refractivity contribution in [3.8, 4) is 11.4 Å². The monoisotopic (exact) mass is 517 g/mol. The Balaban J connectivity index is 1.77. The summed E-state index contributed by atoms with van der Waals surface area (Å²) >= 11 is 1.04. The quantitative estimate of drug-likeness (QED) is 0.357. The molecule has 0 saturated carbocycles. The van der Waals surface area contributed by atoms with Crippen molar-refractivity contribution in [2.75, 3.05) is 11.9 Å². The molecule has 0 bridgehead atoms. The van der Waals surface area contributed by atoms with Crippen molar-refractivity contribution in [2.24, 2.45) is 0 Å². The Hall–Kier alpha value is -4.19. The first kappa shape index (κ1) is 24.9. The fourth-order valence-electron chi connectivity index (χ4n) is 3.41. The highest BCUT2D eigenvalue weighted by atomic mass is 32.1. The summed E-state index contributed by atoms with van der Waals surface area (Å²) in [6, 6.07) is 13.4. The van der Waals surface area contributed by atoms with Gasteiger partial charge in [-0.2, -0.15) is 9.78 Å². The fraction of sp³-hybridized carbons (Fsp3) is 0.167. The number of carbonyl (C=O) groups is 2. The van der Waals surface area contributed by atoms with Gasteiger partial charge in [-0.05, 0) is 36.8 Å². The molecule has 2 heterocycles. The zero-order valence-electron chi connectivity index (χ0n) is 18.7. The second-order valence-electron chi connectivity index (χ2n) is 7.39. The van der Waals surface area contributed by atoms with Gasteiger partial charge < -0.3 is 14.8 Å². The van der Waals surface area contributed by atoms with Gasteiger partial charge >= 0.3 is 12.3 Å². The second-order valence-corrected chi connectivity index (χ2v) is 8.27. The maximum Gasteiger partial charge on any atom is 0.573 e. The summed E-state index contributed by atoms with van der Waals surface area (Å²) in [7, 11) is 0. The Kier molecular flexibility index (Phi) is 7.06. The first-order valence-electron chi connectivity index (χ1n) is 10.6. The van der Waals surface area contributed by atoms with Crippen molar-refractivity contribution in [1.29, 1.82) is 0 Å². The standard InChI is InChI=1S/C24H18F3N3O5S/c1-2-34-23(33)20-17-13-36-21(28-18(31)12-14-6-4-3-5-7-14)19(17)22(32)30(29-20)15-8-10-16(11-9-15)35-24(25,26)27/h3-11,13H,2,12H2,1H3,(H,28,31). The molecular weight excluding hydrogens is 499 g/mol. The van der Waals surface area contributed by atoms with Gasteiger partial charge in [0.25, 0.3) is 5.56 Å². The largest absolute Gasteiger partial charge is 0.573 e. The first-order valence-corrected chi connectivity index (χ1v) is 11.5. The lowest BCUT2D eigenvalue weighted by molar-refractivity contribution is -0.274. The molecule has 0 atom stereocenters. The zero-order chi connectivity index (χ0) is 25.9. The number of fused-ring (bicyclic) bond motifs is 1. The average Bonchev–Trinajstić information content (AvgIpc) is 3.23. The highest BCUT2D eigenvalue weighted by molar-refractivity contribution is 7.16. The molecule has 0 aliphatic heterocycles. The molecule has 0 aliphatic rings. The molecule has 2 aromatic carbocycles. The van der Waals surface area contributed by atoms with Crippen molar-refractivity contribution in [1.82, 2.24) is 9.78 Å². The maximum atomic E-state index is 13.4. The van der Waals surface area contributed by atoms with Crippen LogP contribution in [0.5, 0.6) is 5.75 Å². The summed E-state index contributed by atoms with van der Waals surface area (Å²) in [5.41, 5.74) is -0.0151. The zero-order valence-corrected chi connectivity index (χ0v) is 19.5. The number of hydrogen-bond donors (Lipinski definition) is 1. The van der Waals surface area contributed by atoms with E-state index in [0.29, 0.717) is 0 Å². The van der Waals surface area contributed by atoms with Gasteiger partial charge in [0.05, 0.1) is 24.1 Å². The maximum absolute atomic E-state index is 13.4. The molecule has 186 valence electrons. The average molecular weight is 517 g/mol. The predicted octanol–water partition coefficient (Wildman–Crippen LogP) is 4.70. The molecule has 8 nitrogen and oxygen atoms in total. The number of nitrogens with zero attached hydrogens (tertiary/aromatic N) is 2. The number of anilines is 1. The number of benzene rings is 2. The molecule has 0 spiro atoms. The third kappa shape index (κ3) is 5.54. The molecule has 2 aromatic heterocycles. The van der Waals surface area contributed by atoms with Gasteiger partial charge in [-0.15, -0.1) is 24.5 Å². The van der Waals surface area contributed by atoms with Crippen molar-refractivity contribution in [3.05, 3.63) is 81.6 Å². The smallest absolute Gasteiger partial charge is 0.461 e. The number of thiophene rings is 1. The van der Waals surface area contributed by atoms with Crippen LogP contribution in [0.4, 0.5) is 18.2 Å². The molecule has 1 amide bonds. The summed E-state index contributed by atoms with van der Waals surface area (Å²) in [5, 5.41) is 8.75. The van der Waals surface area contributed by atoms with E-state index in [2.05, 4.69) is 15.2 Å². The Bertz CT molecular complexity index is 1460. The van der Waals surface area contributed by atoms with Gasteiger partial charge in [-0.25, -0.2) is 4.79 Å². The minimum atomic E-state index is -4.88. The summed E-state index contributed by atoms with van der Waals surface area (Å²) in [5.74, 6) is -1.66. The fourth-order valence-corrected chi connectivity index (χ4v) is 4.36. The van der Waals surface area contributed by atoms with Crippen LogP contribution in [0, 0.1) is 0 Å². The Labute approximate surface area is 205 Å². The van der Waals surface area contributed by atoms with Crippen LogP contribution in [0.25, 0.3) is 16.5 Å². The lowest BCUT2D eigenvalue weighted by atomic mass is 10.1. The van der Waals surface area contributed by atoms with E-state index >= 15 is 0 Å². The molecule has 12 heteroatoms. The summed E-state index contributed by atoms with van der Waals surface area (Å²) < 4.78 is 47.3. The number of alkyl halides is 3. The van der Waals surface area contributed by atoms with E-state index in [9.17, 15) is 27.6 Å². The van der Waals surface area contributed by atoms with Crippen LogP contribution in [0.1, 0.15) is 23.0 Å². The van der Waals surface area contributed by atoms with Gasteiger partial charge in [0.2, 0.25) is 5.91 Å². The van der Waals surface area contributed by atoms with E-state index in [1.165, 1.54) is 17.5 Å². The molecule has 0 radical (unpaired) electrons. The van der Waals surface area contributed by atoms with Crippen LogP contribution in [0.15, 0.2) is 64.8 Å². The number of aromatic nitrogens is 2. The Morgan fingerprint density at radius 2 is 1.78 bits per heavy atom. The van der Waals surface area contributed by atoms with E-state index in [4.69, 9.17) is 4.74 Å². The topological polar surface area (TPSA) is 99.5 Å². The van der Waals surface area contributed by atoms with Gasteiger partial charge in [-0.1, -0.05) is 30.3 Å². The van der Waals surface area contributed by atoms with Crippen molar-refractivity contribution in [3.63, 3.8) is 0 Å². The van der Waals surface area contributed by atoms with Gasteiger partial charge in [-0.3, -0.25) is 9.59 Å². The van der Waals surface area contributed by atoms with Crippen LogP contribution in [0.3, 0.4) is 0 Å². The first-order chi connectivity index (χ1) is 17.2. The lowest BCUT2D eigenvalue weighted by Crippen LogP contribution is -2.26. The molecular formula is C24H18F3N3O5S. The molecule has 0 unspecified atom stereocenters. The van der Waals surface area contributed by atoms with Crippen LogP contribution in [-0.2, 0) is 16.0 Å². The molecule has 1 N–H and O–H groups in total. The molecule has 36 heavy (non-hydrogen) atoms. The Morgan fingerprint density at radius 3 is 2.42 bits per heavy atom. The number of rotatable bonds is 7. The van der Waals surface area contributed by atoms with Crippen LogP contribution in [0.2, 0.25) is 0 Å². The van der Waals surface area contributed by atoms with Crippen molar-refractivity contribution in [2.45, 2.75) is 19.7 Å². The summed E-state index contributed by atoms with van der Waals surface area (Å²) in [6.45, 7) is 1.66. The molecule has 0 fully saturated rings. The normalized spacial score (nSPS) is 11.3. The van der Waals surface area contributed by atoms with Crippen LogP contribution < -0.4 is 15.6 Å². The number of esters is 1. The minimum Gasteiger partial charge on any atom is -0.461 e.